The largest absolute Gasteiger partial charge is 0.491 e. The molecule has 0 bridgehead atoms. The van der Waals surface area contributed by atoms with Gasteiger partial charge < -0.3 is 15.2 Å². The Hall–Kier alpha value is -1.27. The van der Waals surface area contributed by atoms with Crippen LogP contribution in [0.2, 0.25) is 0 Å². The number of rotatable bonds is 6. The molecule has 1 aromatic rings. The summed E-state index contributed by atoms with van der Waals surface area (Å²) < 4.78 is 48.4. The minimum Gasteiger partial charge on any atom is -0.491 e. The van der Waals surface area contributed by atoms with E-state index in [2.05, 4.69) is 0 Å². The van der Waals surface area contributed by atoms with Crippen molar-refractivity contribution in [1.82, 2.24) is 0 Å². The molecule has 1 rings (SSSR count). The molecule has 0 saturated carbocycles. The van der Waals surface area contributed by atoms with Crippen LogP contribution in [0.25, 0.3) is 0 Å². The molecule has 1 aromatic carbocycles. The Morgan fingerprint density at radius 3 is 2.50 bits per heavy atom. The molecule has 3 nitrogen and oxygen atoms in total. The lowest BCUT2D eigenvalue weighted by Crippen LogP contribution is -2.13. The number of nitrogens with two attached hydrogens (primary N) is 1. The molecule has 18 heavy (non-hydrogen) atoms. The lowest BCUT2D eigenvalue weighted by atomic mass is 10.1. The summed E-state index contributed by atoms with van der Waals surface area (Å²) in [5, 5.41) is 0. The standard InChI is InChI=1S/C12H16F3NO2/c1-2-17-5-6-18-10-4-3-9(8-16)11(7-10)12(13,14)15/h3-4,7H,2,5-6,8,16H2,1H3. The van der Waals surface area contributed by atoms with Gasteiger partial charge in [-0.3, -0.25) is 0 Å². The van der Waals surface area contributed by atoms with Crippen LogP contribution in [0.15, 0.2) is 18.2 Å². The molecule has 0 aliphatic carbocycles. The van der Waals surface area contributed by atoms with Gasteiger partial charge in [0, 0.05) is 13.2 Å². The minimum atomic E-state index is -4.42. The summed E-state index contributed by atoms with van der Waals surface area (Å²) in [7, 11) is 0. The fourth-order valence-electron chi connectivity index (χ4n) is 1.45. The topological polar surface area (TPSA) is 44.5 Å². The quantitative estimate of drug-likeness (QED) is 0.802. The van der Waals surface area contributed by atoms with Crippen LogP contribution in [0.1, 0.15) is 18.1 Å². The van der Waals surface area contributed by atoms with Crippen molar-refractivity contribution >= 4 is 0 Å². The SMILES string of the molecule is CCOCCOc1ccc(CN)c(C(F)(F)F)c1. The highest BCUT2D eigenvalue weighted by atomic mass is 19.4. The summed E-state index contributed by atoms with van der Waals surface area (Å²) in [6.07, 6.45) is -4.42. The Kier molecular flexibility index (Phi) is 5.43. The van der Waals surface area contributed by atoms with E-state index in [4.69, 9.17) is 15.2 Å². The summed E-state index contributed by atoms with van der Waals surface area (Å²) >= 11 is 0. The van der Waals surface area contributed by atoms with E-state index in [9.17, 15) is 13.2 Å². The Balaban J connectivity index is 2.77. The Morgan fingerprint density at radius 2 is 1.94 bits per heavy atom. The van der Waals surface area contributed by atoms with Crippen molar-refractivity contribution in [2.45, 2.75) is 19.6 Å². The van der Waals surface area contributed by atoms with Crippen molar-refractivity contribution in [2.75, 3.05) is 19.8 Å². The van der Waals surface area contributed by atoms with Gasteiger partial charge in [-0.2, -0.15) is 13.2 Å². The molecule has 0 heterocycles. The molecule has 0 unspecified atom stereocenters. The van der Waals surface area contributed by atoms with Crippen LogP contribution in [0.5, 0.6) is 5.75 Å². The maximum absolute atomic E-state index is 12.7. The van der Waals surface area contributed by atoms with Gasteiger partial charge in [0.05, 0.1) is 12.2 Å². The van der Waals surface area contributed by atoms with E-state index in [0.29, 0.717) is 13.2 Å². The number of halogens is 3. The molecule has 0 atom stereocenters. The van der Waals surface area contributed by atoms with E-state index in [1.165, 1.54) is 12.1 Å². The predicted octanol–water partition coefficient (Wildman–Crippen LogP) is 2.58. The van der Waals surface area contributed by atoms with E-state index in [1.807, 2.05) is 6.92 Å². The van der Waals surface area contributed by atoms with E-state index in [-0.39, 0.29) is 24.5 Å². The van der Waals surface area contributed by atoms with E-state index >= 15 is 0 Å². The maximum atomic E-state index is 12.7. The van der Waals surface area contributed by atoms with Crippen LogP contribution in [-0.4, -0.2) is 19.8 Å². The Bertz CT molecular complexity index is 380. The minimum absolute atomic E-state index is 0.0552. The Labute approximate surface area is 104 Å². The van der Waals surface area contributed by atoms with Gasteiger partial charge in [-0.15, -0.1) is 0 Å². The smallest absolute Gasteiger partial charge is 0.416 e. The average molecular weight is 263 g/mol. The van der Waals surface area contributed by atoms with Gasteiger partial charge in [0.2, 0.25) is 0 Å². The molecular formula is C12H16F3NO2. The first kappa shape index (κ1) is 14.8. The van der Waals surface area contributed by atoms with Crippen LogP contribution < -0.4 is 10.5 Å². The molecule has 0 amide bonds. The molecule has 0 aliphatic rings. The van der Waals surface area contributed by atoms with Gasteiger partial charge in [0.25, 0.3) is 0 Å². The monoisotopic (exact) mass is 263 g/mol. The molecule has 2 N–H and O–H groups in total. The zero-order valence-corrected chi connectivity index (χ0v) is 10.1. The maximum Gasteiger partial charge on any atom is 0.416 e. The first-order valence-electron chi connectivity index (χ1n) is 5.59. The second-order valence-corrected chi connectivity index (χ2v) is 3.57. The molecule has 102 valence electrons. The number of benzene rings is 1. The van der Waals surface area contributed by atoms with Gasteiger partial charge in [0.15, 0.2) is 0 Å². The first-order chi connectivity index (χ1) is 8.49. The summed E-state index contributed by atoms with van der Waals surface area (Å²) in [5.41, 5.74) is 4.58. The zero-order chi connectivity index (χ0) is 13.6. The molecule has 0 aromatic heterocycles. The van der Waals surface area contributed by atoms with Crippen molar-refractivity contribution in [3.63, 3.8) is 0 Å². The lowest BCUT2D eigenvalue weighted by Gasteiger charge is -2.14. The summed E-state index contributed by atoms with van der Waals surface area (Å²) in [6, 6.07) is 3.77. The van der Waals surface area contributed by atoms with Crippen molar-refractivity contribution in [1.29, 1.82) is 0 Å². The van der Waals surface area contributed by atoms with Crippen LogP contribution in [0, 0.1) is 0 Å². The molecular weight excluding hydrogens is 247 g/mol. The van der Waals surface area contributed by atoms with Crippen molar-refractivity contribution in [3.8, 4) is 5.75 Å². The third-order valence-corrected chi connectivity index (χ3v) is 2.31. The second-order valence-electron chi connectivity index (χ2n) is 3.57. The average Bonchev–Trinajstić information content (AvgIpc) is 2.33. The lowest BCUT2D eigenvalue weighted by molar-refractivity contribution is -0.138. The van der Waals surface area contributed by atoms with E-state index in [1.54, 1.807) is 0 Å². The van der Waals surface area contributed by atoms with E-state index < -0.39 is 11.7 Å². The third-order valence-electron chi connectivity index (χ3n) is 2.31. The highest BCUT2D eigenvalue weighted by Crippen LogP contribution is 2.34. The van der Waals surface area contributed by atoms with Crippen molar-refractivity contribution < 1.29 is 22.6 Å². The molecule has 0 spiro atoms. The number of hydrogen-bond donors (Lipinski definition) is 1. The predicted molar refractivity (Wildman–Crippen MR) is 61.3 cm³/mol. The number of hydrogen-bond acceptors (Lipinski definition) is 3. The third kappa shape index (κ3) is 4.19. The fraction of sp³-hybridized carbons (Fsp3) is 0.500. The summed E-state index contributed by atoms with van der Waals surface area (Å²) in [4.78, 5) is 0. The molecule has 0 radical (unpaired) electrons. The van der Waals surface area contributed by atoms with Gasteiger partial charge in [-0.25, -0.2) is 0 Å². The number of ether oxygens (including phenoxy) is 2. The fourth-order valence-corrected chi connectivity index (χ4v) is 1.45. The number of alkyl halides is 3. The first-order valence-corrected chi connectivity index (χ1v) is 5.59. The van der Waals surface area contributed by atoms with Crippen LogP contribution in [0.3, 0.4) is 0 Å². The highest BCUT2D eigenvalue weighted by Gasteiger charge is 2.33. The van der Waals surface area contributed by atoms with Gasteiger partial charge in [0.1, 0.15) is 12.4 Å². The van der Waals surface area contributed by atoms with Gasteiger partial charge in [-0.1, -0.05) is 6.07 Å². The van der Waals surface area contributed by atoms with Crippen molar-refractivity contribution in [3.05, 3.63) is 29.3 Å². The van der Waals surface area contributed by atoms with Gasteiger partial charge in [-0.05, 0) is 24.6 Å². The Morgan fingerprint density at radius 1 is 1.22 bits per heavy atom. The van der Waals surface area contributed by atoms with Crippen LogP contribution in [-0.2, 0) is 17.5 Å². The molecule has 0 fully saturated rings. The summed E-state index contributed by atoms with van der Waals surface area (Å²) in [5.74, 6) is 0.166. The van der Waals surface area contributed by atoms with Crippen LogP contribution >= 0.6 is 0 Å². The zero-order valence-electron chi connectivity index (χ0n) is 10.1. The van der Waals surface area contributed by atoms with Crippen LogP contribution in [0.4, 0.5) is 13.2 Å². The molecule has 0 saturated heterocycles. The molecule has 6 heteroatoms. The normalized spacial score (nSPS) is 11.6. The summed E-state index contributed by atoms with van der Waals surface area (Å²) in [6.45, 7) is 2.78. The second kappa shape index (κ2) is 6.61. The molecule has 0 aliphatic heterocycles. The van der Waals surface area contributed by atoms with Crippen molar-refractivity contribution in [2.24, 2.45) is 5.73 Å². The van der Waals surface area contributed by atoms with E-state index in [0.717, 1.165) is 6.07 Å². The van der Waals surface area contributed by atoms with Gasteiger partial charge >= 0.3 is 6.18 Å². The highest BCUT2D eigenvalue weighted by molar-refractivity contribution is 5.37.